The van der Waals surface area contributed by atoms with Crippen molar-refractivity contribution < 1.29 is 9.09 Å². The first-order chi connectivity index (χ1) is 6.99. The lowest BCUT2D eigenvalue weighted by molar-refractivity contribution is 0.272. The fourth-order valence-electron chi connectivity index (χ4n) is 1.27. The Hall–Kier alpha value is -0.590. The monoisotopic (exact) mass is 226 g/mol. The van der Waals surface area contributed by atoms with Crippen molar-refractivity contribution >= 4 is 7.37 Å². The Balaban J connectivity index is 2.53. The third-order valence-corrected chi connectivity index (χ3v) is 3.63. The van der Waals surface area contributed by atoms with Gasteiger partial charge in [0.15, 0.2) is 0 Å². The van der Waals surface area contributed by atoms with Crippen molar-refractivity contribution in [1.82, 2.24) is 0 Å². The molecule has 1 aromatic carbocycles. The van der Waals surface area contributed by atoms with Crippen LogP contribution in [0.4, 0.5) is 0 Å². The molecule has 0 saturated carbocycles. The zero-order chi connectivity index (χ0) is 11.3. The first-order valence-electron chi connectivity index (χ1n) is 5.24. The Morgan fingerprint density at radius 1 is 1.27 bits per heavy atom. The quantitative estimate of drug-likeness (QED) is 0.714. The van der Waals surface area contributed by atoms with Crippen molar-refractivity contribution in [2.75, 3.05) is 13.3 Å². The molecule has 1 aromatic rings. The maximum absolute atomic E-state index is 12.1. The molecule has 1 unspecified atom stereocenters. The van der Waals surface area contributed by atoms with Crippen LogP contribution in [0.15, 0.2) is 30.3 Å². The second kappa shape index (κ2) is 5.48. The highest BCUT2D eigenvalue weighted by atomic mass is 31.2. The van der Waals surface area contributed by atoms with Gasteiger partial charge in [0.2, 0.25) is 7.37 Å². The average molecular weight is 226 g/mol. The minimum absolute atomic E-state index is 0.425. The molecule has 0 fully saturated rings. The number of hydrogen-bond acceptors (Lipinski definition) is 2. The van der Waals surface area contributed by atoms with Gasteiger partial charge in [0.1, 0.15) is 0 Å². The highest BCUT2D eigenvalue weighted by molar-refractivity contribution is 7.57. The molecule has 84 valence electrons. The van der Waals surface area contributed by atoms with E-state index < -0.39 is 7.37 Å². The molecule has 0 aliphatic rings. The zero-order valence-corrected chi connectivity index (χ0v) is 10.5. The molecular formula is C12H19O2P. The Morgan fingerprint density at radius 3 is 2.40 bits per heavy atom. The topological polar surface area (TPSA) is 26.3 Å². The molecule has 0 amide bonds. The summed E-state index contributed by atoms with van der Waals surface area (Å²) in [6, 6.07) is 9.83. The minimum Gasteiger partial charge on any atom is -0.328 e. The normalized spacial score (nSPS) is 15.2. The van der Waals surface area contributed by atoms with Gasteiger partial charge in [-0.25, -0.2) is 0 Å². The molecule has 0 bridgehead atoms. The SMILES string of the molecule is CC(C)COP(C)(=O)Cc1ccccc1. The van der Waals surface area contributed by atoms with E-state index in [1.165, 1.54) is 0 Å². The van der Waals surface area contributed by atoms with E-state index in [1.807, 2.05) is 30.3 Å². The van der Waals surface area contributed by atoms with Gasteiger partial charge >= 0.3 is 0 Å². The lowest BCUT2D eigenvalue weighted by atomic mass is 10.2. The third-order valence-electron chi connectivity index (χ3n) is 1.99. The van der Waals surface area contributed by atoms with Crippen molar-refractivity contribution in [2.24, 2.45) is 5.92 Å². The molecule has 1 rings (SSSR count). The van der Waals surface area contributed by atoms with Crippen molar-refractivity contribution in [1.29, 1.82) is 0 Å². The third kappa shape index (κ3) is 5.15. The summed E-state index contributed by atoms with van der Waals surface area (Å²) in [7, 11) is -2.47. The second-order valence-electron chi connectivity index (χ2n) is 4.35. The highest BCUT2D eigenvalue weighted by Crippen LogP contribution is 2.46. The van der Waals surface area contributed by atoms with Crippen molar-refractivity contribution in [3.05, 3.63) is 35.9 Å². The van der Waals surface area contributed by atoms with Crippen LogP contribution >= 0.6 is 7.37 Å². The molecule has 0 aliphatic heterocycles. The molecular weight excluding hydrogens is 207 g/mol. The predicted molar refractivity (Wildman–Crippen MR) is 64.5 cm³/mol. The highest BCUT2D eigenvalue weighted by Gasteiger charge is 2.16. The predicted octanol–water partition coefficient (Wildman–Crippen LogP) is 3.77. The molecule has 15 heavy (non-hydrogen) atoms. The van der Waals surface area contributed by atoms with Crippen LogP contribution in [0.5, 0.6) is 0 Å². The van der Waals surface area contributed by atoms with Crippen LogP contribution in [0, 0.1) is 5.92 Å². The van der Waals surface area contributed by atoms with E-state index in [0.29, 0.717) is 18.7 Å². The number of hydrogen-bond donors (Lipinski definition) is 0. The fraction of sp³-hybridized carbons (Fsp3) is 0.500. The van der Waals surface area contributed by atoms with Gasteiger partial charge in [-0.3, -0.25) is 4.57 Å². The van der Waals surface area contributed by atoms with Gasteiger partial charge < -0.3 is 4.52 Å². The number of rotatable bonds is 5. The molecule has 1 atom stereocenters. The van der Waals surface area contributed by atoms with Crippen LogP contribution in [0.25, 0.3) is 0 Å². The first kappa shape index (κ1) is 12.5. The van der Waals surface area contributed by atoms with Gasteiger partial charge in [-0.15, -0.1) is 0 Å². The molecule has 0 aromatic heterocycles. The van der Waals surface area contributed by atoms with Crippen molar-refractivity contribution in [2.45, 2.75) is 20.0 Å². The van der Waals surface area contributed by atoms with Crippen LogP contribution in [-0.2, 0) is 15.3 Å². The summed E-state index contributed by atoms with van der Waals surface area (Å²) >= 11 is 0. The van der Waals surface area contributed by atoms with E-state index >= 15 is 0 Å². The minimum atomic E-state index is -2.47. The fourth-order valence-corrected chi connectivity index (χ4v) is 2.85. The second-order valence-corrected chi connectivity index (χ2v) is 6.95. The van der Waals surface area contributed by atoms with Gasteiger partial charge in [-0.1, -0.05) is 44.2 Å². The molecule has 2 nitrogen and oxygen atoms in total. The first-order valence-corrected chi connectivity index (χ1v) is 7.50. The molecule has 0 N–H and O–H groups in total. The van der Waals surface area contributed by atoms with Crippen molar-refractivity contribution in [3.63, 3.8) is 0 Å². The van der Waals surface area contributed by atoms with E-state index in [1.54, 1.807) is 6.66 Å². The van der Waals surface area contributed by atoms with Crippen LogP contribution < -0.4 is 0 Å². The Kier molecular flexibility index (Phi) is 4.56. The van der Waals surface area contributed by atoms with Crippen LogP contribution in [0.1, 0.15) is 19.4 Å². The van der Waals surface area contributed by atoms with E-state index in [9.17, 15) is 4.57 Å². The van der Waals surface area contributed by atoms with E-state index in [0.717, 1.165) is 5.56 Å². The zero-order valence-electron chi connectivity index (χ0n) is 9.64. The van der Waals surface area contributed by atoms with E-state index in [-0.39, 0.29) is 0 Å². The summed E-state index contributed by atoms with van der Waals surface area (Å²) in [5, 5.41) is 0. The Labute approximate surface area is 92.1 Å². The lowest BCUT2D eigenvalue weighted by Crippen LogP contribution is -2.01. The molecule has 3 heteroatoms. The summed E-state index contributed by atoms with van der Waals surface area (Å²) in [6.07, 6.45) is 0.528. The van der Waals surface area contributed by atoms with Crippen LogP contribution in [0.3, 0.4) is 0 Å². The Bertz CT molecular complexity index is 333. The molecule has 0 radical (unpaired) electrons. The van der Waals surface area contributed by atoms with Gasteiger partial charge in [0.05, 0.1) is 6.61 Å². The van der Waals surface area contributed by atoms with Crippen molar-refractivity contribution in [3.8, 4) is 0 Å². The molecule has 0 heterocycles. The van der Waals surface area contributed by atoms with Gasteiger partial charge in [-0.2, -0.15) is 0 Å². The summed E-state index contributed by atoms with van der Waals surface area (Å²) in [5.74, 6) is 0.425. The Morgan fingerprint density at radius 2 is 1.87 bits per heavy atom. The summed E-state index contributed by atoms with van der Waals surface area (Å²) in [5.41, 5.74) is 1.08. The standard InChI is InChI=1S/C12H19O2P/c1-11(2)9-14-15(3,13)10-12-7-5-4-6-8-12/h4-8,11H,9-10H2,1-3H3. The van der Waals surface area contributed by atoms with E-state index in [4.69, 9.17) is 4.52 Å². The lowest BCUT2D eigenvalue weighted by Gasteiger charge is -2.15. The molecule has 0 saturated heterocycles. The number of benzene rings is 1. The van der Waals surface area contributed by atoms with Crippen LogP contribution in [-0.4, -0.2) is 13.3 Å². The molecule has 0 spiro atoms. The average Bonchev–Trinajstić information content (AvgIpc) is 2.16. The van der Waals surface area contributed by atoms with Gasteiger partial charge in [0, 0.05) is 12.8 Å². The molecule has 0 aliphatic carbocycles. The smallest absolute Gasteiger partial charge is 0.204 e. The summed E-state index contributed by atoms with van der Waals surface area (Å²) in [4.78, 5) is 0. The summed E-state index contributed by atoms with van der Waals surface area (Å²) in [6.45, 7) is 6.40. The van der Waals surface area contributed by atoms with Gasteiger partial charge in [0.25, 0.3) is 0 Å². The summed E-state index contributed by atoms with van der Waals surface area (Å²) < 4.78 is 17.5. The van der Waals surface area contributed by atoms with Crippen LogP contribution in [0.2, 0.25) is 0 Å². The van der Waals surface area contributed by atoms with E-state index in [2.05, 4.69) is 13.8 Å². The van der Waals surface area contributed by atoms with Gasteiger partial charge in [-0.05, 0) is 11.5 Å². The maximum atomic E-state index is 12.1. The largest absolute Gasteiger partial charge is 0.328 e. The maximum Gasteiger partial charge on any atom is 0.204 e.